The van der Waals surface area contributed by atoms with Crippen molar-refractivity contribution in [3.63, 3.8) is 0 Å². The fourth-order valence-corrected chi connectivity index (χ4v) is 5.71. The molecule has 0 bridgehead atoms. The molecule has 1 aromatic heterocycles. The number of esters is 1. The van der Waals surface area contributed by atoms with Crippen LogP contribution in [0.3, 0.4) is 0 Å². The van der Waals surface area contributed by atoms with Crippen molar-refractivity contribution in [2.75, 3.05) is 24.2 Å². The zero-order valence-corrected chi connectivity index (χ0v) is 23.3. The molecule has 11 heteroatoms. The van der Waals surface area contributed by atoms with Crippen LogP contribution in [0.5, 0.6) is 0 Å². The van der Waals surface area contributed by atoms with Crippen molar-refractivity contribution in [3.8, 4) is 0 Å². The second kappa shape index (κ2) is 14.0. The second-order valence-electron chi connectivity index (χ2n) is 8.92. The van der Waals surface area contributed by atoms with Crippen molar-refractivity contribution >= 4 is 56.4 Å². The van der Waals surface area contributed by atoms with Crippen molar-refractivity contribution in [1.82, 2.24) is 4.57 Å². The quantitative estimate of drug-likeness (QED) is 0.116. The number of anilines is 1. The van der Waals surface area contributed by atoms with E-state index in [0.29, 0.717) is 55.3 Å². The number of hydrogen-bond acceptors (Lipinski definition) is 7. The standard InChI is InChI=1S/C27H34N4O5S.ClH/c1-3-36-26(33)17-30-21-12-14-24-23(16-21)25(18-31(24)2)37(34,35)15-5-4-6-22(32)13-9-19-7-10-20(11-8-19)27(28)29;/h7-8,10-12,14,16,18,30H,3-6,9,13,15,17H2,1-2H3,(H3,28,29);1H. The SMILES string of the molecule is CCOC(=O)CNc1ccc2c(c1)c(S(=O)(=O)CCCCC(=O)CCc1ccc(C(=N)N)cc1)cn2C.Cl. The molecule has 0 atom stereocenters. The van der Waals surface area contributed by atoms with Gasteiger partial charge >= 0.3 is 5.97 Å². The molecule has 0 amide bonds. The highest BCUT2D eigenvalue weighted by molar-refractivity contribution is 7.91. The Bertz CT molecular complexity index is 1380. The third-order valence-electron chi connectivity index (χ3n) is 6.11. The normalized spacial score (nSPS) is 11.1. The summed E-state index contributed by atoms with van der Waals surface area (Å²) in [6.07, 6.45) is 3.81. The van der Waals surface area contributed by atoms with Crippen LogP contribution in [-0.2, 0) is 37.6 Å². The van der Waals surface area contributed by atoms with Crippen LogP contribution in [0.15, 0.2) is 53.6 Å². The number of aromatic nitrogens is 1. The van der Waals surface area contributed by atoms with Gasteiger partial charge in [0.1, 0.15) is 18.2 Å². The van der Waals surface area contributed by atoms with Crippen molar-refractivity contribution in [1.29, 1.82) is 5.41 Å². The van der Waals surface area contributed by atoms with Crippen LogP contribution in [0, 0.1) is 5.41 Å². The highest BCUT2D eigenvalue weighted by Gasteiger charge is 2.21. The summed E-state index contributed by atoms with van der Waals surface area (Å²) in [6, 6.07) is 12.6. The Kier molecular flexibility index (Phi) is 11.3. The maximum atomic E-state index is 13.1. The molecule has 206 valence electrons. The van der Waals surface area contributed by atoms with E-state index in [2.05, 4.69) is 5.32 Å². The second-order valence-corrected chi connectivity index (χ2v) is 11.0. The summed E-state index contributed by atoms with van der Waals surface area (Å²) >= 11 is 0. The van der Waals surface area contributed by atoms with Gasteiger partial charge in [0.05, 0.1) is 17.3 Å². The predicted octanol–water partition coefficient (Wildman–Crippen LogP) is 4.01. The minimum atomic E-state index is -3.57. The van der Waals surface area contributed by atoms with E-state index in [0.717, 1.165) is 11.1 Å². The monoisotopic (exact) mass is 562 g/mol. The highest BCUT2D eigenvalue weighted by Crippen LogP contribution is 2.29. The van der Waals surface area contributed by atoms with E-state index < -0.39 is 9.84 Å². The highest BCUT2D eigenvalue weighted by atomic mass is 35.5. The molecule has 0 aliphatic carbocycles. The van der Waals surface area contributed by atoms with Gasteiger partial charge in [0.2, 0.25) is 0 Å². The maximum Gasteiger partial charge on any atom is 0.325 e. The molecule has 3 rings (SSSR count). The molecule has 2 aromatic carbocycles. The number of fused-ring (bicyclic) bond motifs is 1. The average Bonchev–Trinajstić information content (AvgIpc) is 3.21. The topological polar surface area (TPSA) is 144 Å². The first-order chi connectivity index (χ1) is 17.6. The predicted molar refractivity (Wildman–Crippen MR) is 152 cm³/mol. The lowest BCUT2D eigenvalue weighted by Crippen LogP contribution is -2.16. The number of hydrogen-bond donors (Lipinski definition) is 3. The lowest BCUT2D eigenvalue weighted by molar-refractivity contribution is -0.140. The number of halogens is 1. The molecular weight excluding hydrogens is 528 g/mol. The Hall–Kier alpha value is -3.37. The van der Waals surface area contributed by atoms with Gasteiger partial charge in [-0.15, -0.1) is 12.4 Å². The molecule has 0 saturated heterocycles. The summed E-state index contributed by atoms with van der Waals surface area (Å²) in [7, 11) is -1.78. The number of amidine groups is 1. The van der Waals surface area contributed by atoms with Gasteiger partial charge in [-0.25, -0.2) is 8.42 Å². The number of nitrogens with two attached hydrogens (primary N) is 1. The minimum Gasteiger partial charge on any atom is -0.465 e. The van der Waals surface area contributed by atoms with Crippen molar-refractivity contribution in [2.45, 2.75) is 43.9 Å². The van der Waals surface area contributed by atoms with Crippen LogP contribution in [0.1, 0.15) is 43.7 Å². The number of benzene rings is 2. The van der Waals surface area contributed by atoms with Gasteiger partial charge in [-0.05, 0) is 49.9 Å². The zero-order valence-electron chi connectivity index (χ0n) is 21.7. The van der Waals surface area contributed by atoms with Crippen LogP contribution in [0.25, 0.3) is 10.9 Å². The summed E-state index contributed by atoms with van der Waals surface area (Å²) in [5.41, 5.74) is 8.49. The molecule has 38 heavy (non-hydrogen) atoms. The average molecular weight is 563 g/mol. The number of carbonyl (C=O) groups excluding carboxylic acids is 2. The number of rotatable bonds is 14. The van der Waals surface area contributed by atoms with Gasteiger partial charge in [-0.2, -0.15) is 0 Å². The summed E-state index contributed by atoms with van der Waals surface area (Å²) in [5.74, 6) is -0.335. The Labute approximate surface area is 229 Å². The third-order valence-corrected chi connectivity index (χ3v) is 7.93. The first-order valence-corrected chi connectivity index (χ1v) is 13.9. The van der Waals surface area contributed by atoms with Crippen molar-refractivity contribution in [3.05, 3.63) is 59.8 Å². The summed E-state index contributed by atoms with van der Waals surface area (Å²) < 4.78 is 33.0. The fraction of sp³-hybridized carbons (Fsp3) is 0.370. The molecule has 0 saturated carbocycles. The lowest BCUT2D eigenvalue weighted by atomic mass is 10.0. The molecule has 3 aromatic rings. The van der Waals surface area contributed by atoms with E-state index in [4.69, 9.17) is 15.9 Å². The molecule has 9 nitrogen and oxygen atoms in total. The van der Waals surface area contributed by atoms with Crippen molar-refractivity contribution in [2.24, 2.45) is 12.8 Å². The number of nitrogens with zero attached hydrogens (tertiary/aromatic N) is 1. The van der Waals surface area contributed by atoms with E-state index in [1.165, 1.54) is 0 Å². The summed E-state index contributed by atoms with van der Waals surface area (Å²) in [6.45, 7) is 2.02. The maximum absolute atomic E-state index is 13.1. The number of unbranched alkanes of at least 4 members (excludes halogenated alkanes) is 1. The molecule has 1 heterocycles. The lowest BCUT2D eigenvalue weighted by Gasteiger charge is -2.08. The number of Topliss-reactive ketones (excluding diaryl/α,β-unsaturated/α-hetero) is 1. The van der Waals surface area contributed by atoms with E-state index in [9.17, 15) is 18.0 Å². The fourth-order valence-electron chi connectivity index (χ4n) is 4.08. The van der Waals surface area contributed by atoms with Crippen LogP contribution in [0.2, 0.25) is 0 Å². The number of nitrogens with one attached hydrogen (secondary N) is 2. The molecule has 0 aliphatic rings. The van der Waals surface area contributed by atoms with Gasteiger partial charge in [0.25, 0.3) is 0 Å². The van der Waals surface area contributed by atoms with Crippen LogP contribution in [-0.4, -0.2) is 49.5 Å². The third kappa shape index (κ3) is 8.32. The van der Waals surface area contributed by atoms with Crippen LogP contribution in [0.4, 0.5) is 5.69 Å². The van der Waals surface area contributed by atoms with E-state index in [1.807, 2.05) is 18.2 Å². The van der Waals surface area contributed by atoms with Crippen LogP contribution >= 0.6 is 12.4 Å². The largest absolute Gasteiger partial charge is 0.465 e. The minimum absolute atomic E-state index is 0. The van der Waals surface area contributed by atoms with Crippen molar-refractivity contribution < 1.29 is 22.7 Å². The molecule has 0 aliphatic heterocycles. The van der Waals surface area contributed by atoms with E-state index >= 15 is 0 Å². The Morgan fingerprint density at radius 2 is 1.79 bits per heavy atom. The molecule has 0 radical (unpaired) electrons. The Balaban J connectivity index is 0.00000507. The molecule has 4 N–H and O–H groups in total. The number of ketones is 1. The molecule has 0 fully saturated rings. The first kappa shape index (κ1) is 30.9. The summed E-state index contributed by atoms with van der Waals surface area (Å²) in [5, 5.41) is 11.0. The van der Waals surface area contributed by atoms with Gasteiger partial charge in [0.15, 0.2) is 9.84 Å². The summed E-state index contributed by atoms with van der Waals surface area (Å²) in [4.78, 5) is 24.2. The number of carbonyl (C=O) groups is 2. The molecule has 0 spiro atoms. The van der Waals surface area contributed by atoms with Gasteiger partial charge in [-0.3, -0.25) is 15.0 Å². The number of nitrogen functional groups attached to an aromatic ring is 1. The van der Waals surface area contributed by atoms with E-state index in [1.54, 1.807) is 49.0 Å². The smallest absolute Gasteiger partial charge is 0.325 e. The van der Waals surface area contributed by atoms with Crippen LogP contribution < -0.4 is 11.1 Å². The number of sulfone groups is 1. The van der Waals surface area contributed by atoms with E-state index in [-0.39, 0.29) is 47.2 Å². The Morgan fingerprint density at radius 1 is 1.08 bits per heavy atom. The molecule has 0 unspecified atom stereocenters. The first-order valence-electron chi connectivity index (χ1n) is 12.3. The van der Waals surface area contributed by atoms with Gasteiger partial charge in [0, 0.05) is 48.2 Å². The Morgan fingerprint density at radius 3 is 2.45 bits per heavy atom. The number of aryl methyl sites for hydroxylation is 2. The van der Waals surface area contributed by atoms with Gasteiger partial charge < -0.3 is 20.4 Å². The van der Waals surface area contributed by atoms with Gasteiger partial charge in [-0.1, -0.05) is 24.3 Å². The molecular formula is C27H35ClN4O5S. The zero-order chi connectivity index (χ0) is 27.0. The number of ether oxygens (including phenoxy) is 1.